The normalized spacial score (nSPS) is 16.9. The van der Waals surface area contributed by atoms with Crippen LogP contribution >= 0.6 is 0 Å². The third-order valence-electron chi connectivity index (χ3n) is 4.99. The van der Waals surface area contributed by atoms with E-state index in [1.54, 1.807) is 18.2 Å². The molecular weight excluding hydrogens is 374 g/mol. The van der Waals surface area contributed by atoms with Gasteiger partial charge in [-0.2, -0.15) is 0 Å². The average molecular weight is 402 g/mol. The van der Waals surface area contributed by atoms with E-state index >= 15 is 0 Å². The number of carbonyl (C=O) groups excluding carboxylic acids is 1. The Morgan fingerprint density at radius 2 is 1.79 bits per heavy atom. The molecule has 0 spiro atoms. The van der Waals surface area contributed by atoms with Crippen molar-refractivity contribution < 1.29 is 18.3 Å². The second-order valence-electron chi connectivity index (χ2n) is 8.58. The maximum absolute atomic E-state index is 13.7. The number of rotatable bonds is 5. The summed E-state index contributed by atoms with van der Waals surface area (Å²) < 4.78 is 32.3. The molecular formula is C23H28F2N2O2. The van der Waals surface area contributed by atoms with Crippen LogP contribution in [-0.4, -0.2) is 35.7 Å². The highest BCUT2D eigenvalue weighted by Gasteiger charge is 2.27. The molecule has 156 valence electrons. The summed E-state index contributed by atoms with van der Waals surface area (Å²) in [4.78, 5) is 14.1. The number of hydrogen-bond acceptors (Lipinski definition) is 3. The van der Waals surface area contributed by atoms with E-state index in [1.165, 1.54) is 18.2 Å². The minimum Gasteiger partial charge on any atom is -0.448 e. The fourth-order valence-corrected chi connectivity index (χ4v) is 3.62. The number of benzene rings is 2. The fraction of sp³-hybridized carbons (Fsp3) is 0.435. The highest BCUT2D eigenvalue weighted by molar-refractivity contribution is 5.68. The molecule has 2 aromatic carbocycles. The van der Waals surface area contributed by atoms with Crippen LogP contribution in [0, 0.1) is 11.6 Å². The first kappa shape index (κ1) is 21.2. The molecule has 1 aliphatic heterocycles. The zero-order valence-corrected chi connectivity index (χ0v) is 17.2. The highest BCUT2D eigenvalue weighted by Crippen LogP contribution is 2.26. The van der Waals surface area contributed by atoms with Crippen LogP contribution in [0.5, 0.6) is 0 Å². The van der Waals surface area contributed by atoms with Gasteiger partial charge in [-0.3, -0.25) is 4.90 Å². The van der Waals surface area contributed by atoms with Crippen LogP contribution in [0.25, 0.3) is 0 Å². The molecule has 0 saturated heterocycles. The second kappa shape index (κ2) is 8.91. The monoisotopic (exact) mass is 402 g/mol. The molecule has 2 aromatic rings. The Labute approximate surface area is 170 Å². The maximum atomic E-state index is 13.7. The standard InChI is InChI=1S/C23H28F2N2O2/c1-23(2,3)26-22(28)29-11-10-27-15-18-13-20(25)9-6-17(18)14-21(27)12-16-4-7-19(24)8-5-16/h4-9,13,21H,10-12,14-15H2,1-3H3,(H,26,28). The molecule has 1 atom stereocenters. The maximum Gasteiger partial charge on any atom is 0.407 e. The summed E-state index contributed by atoms with van der Waals surface area (Å²) >= 11 is 0. The van der Waals surface area contributed by atoms with Gasteiger partial charge in [0.2, 0.25) is 0 Å². The van der Waals surface area contributed by atoms with Gasteiger partial charge in [0.1, 0.15) is 18.2 Å². The smallest absolute Gasteiger partial charge is 0.407 e. The molecule has 1 N–H and O–H groups in total. The van der Waals surface area contributed by atoms with Crippen molar-refractivity contribution in [2.24, 2.45) is 0 Å². The second-order valence-corrected chi connectivity index (χ2v) is 8.58. The molecule has 1 amide bonds. The molecule has 0 saturated carbocycles. The molecule has 1 unspecified atom stereocenters. The first-order chi connectivity index (χ1) is 13.7. The Morgan fingerprint density at radius 1 is 1.10 bits per heavy atom. The van der Waals surface area contributed by atoms with Crippen LogP contribution in [0.4, 0.5) is 13.6 Å². The van der Waals surface area contributed by atoms with Crippen molar-refractivity contribution in [2.45, 2.75) is 51.7 Å². The predicted octanol–water partition coefficient (Wildman–Crippen LogP) is 4.46. The third kappa shape index (κ3) is 6.26. The zero-order valence-electron chi connectivity index (χ0n) is 17.2. The lowest BCUT2D eigenvalue weighted by molar-refractivity contribution is 0.0977. The lowest BCUT2D eigenvalue weighted by Gasteiger charge is -2.37. The van der Waals surface area contributed by atoms with Crippen LogP contribution < -0.4 is 5.32 Å². The lowest BCUT2D eigenvalue weighted by Crippen LogP contribution is -2.45. The van der Waals surface area contributed by atoms with Crippen molar-refractivity contribution in [1.29, 1.82) is 0 Å². The SMILES string of the molecule is CC(C)(C)NC(=O)OCCN1Cc2cc(F)ccc2CC1Cc1ccc(F)cc1. The number of alkyl carbamates (subject to hydrolysis) is 1. The lowest BCUT2D eigenvalue weighted by atomic mass is 9.90. The van der Waals surface area contributed by atoms with Crippen molar-refractivity contribution in [2.75, 3.05) is 13.2 Å². The first-order valence-electron chi connectivity index (χ1n) is 9.90. The Bertz CT molecular complexity index is 847. The van der Waals surface area contributed by atoms with Crippen molar-refractivity contribution in [3.8, 4) is 0 Å². The van der Waals surface area contributed by atoms with Gasteiger partial charge >= 0.3 is 6.09 Å². The highest BCUT2D eigenvalue weighted by atomic mass is 19.1. The average Bonchev–Trinajstić information content (AvgIpc) is 2.62. The number of fused-ring (bicyclic) bond motifs is 1. The minimum absolute atomic E-state index is 0.160. The van der Waals surface area contributed by atoms with E-state index in [2.05, 4.69) is 10.2 Å². The molecule has 0 bridgehead atoms. The molecule has 0 fully saturated rings. The van der Waals surface area contributed by atoms with Gasteiger partial charge < -0.3 is 10.1 Å². The summed E-state index contributed by atoms with van der Waals surface area (Å²) in [6.45, 7) is 7.05. The van der Waals surface area contributed by atoms with E-state index in [9.17, 15) is 13.6 Å². The van der Waals surface area contributed by atoms with Gasteiger partial charge in [-0.25, -0.2) is 13.6 Å². The molecule has 3 rings (SSSR count). The van der Waals surface area contributed by atoms with E-state index in [-0.39, 0.29) is 29.8 Å². The van der Waals surface area contributed by atoms with Gasteiger partial charge in [0.05, 0.1) is 0 Å². The first-order valence-corrected chi connectivity index (χ1v) is 9.90. The Kier molecular flexibility index (Phi) is 6.52. The van der Waals surface area contributed by atoms with Crippen LogP contribution in [0.1, 0.15) is 37.5 Å². The van der Waals surface area contributed by atoms with Crippen molar-refractivity contribution in [3.63, 3.8) is 0 Å². The van der Waals surface area contributed by atoms with E-state index < -0.39 is 6.09 Å². The number of amides is 1. The van der Waals surface area contributed by atoms with Crippen LogP contribution in [0.2, 0.25) is 0 Å². The van der Waals surface area contributed by atoms with Gasteiger partial charge in [0, 0.05) is 24.7 Å². The molecule has 4 nitrogen and oxygen atoms in total. The summed E-state index contributed by atoms with van der Waals surface area (Å²) in [6.07, 6.45) is 1.06. The number of carbonyl (C=O) groups is 1. The van der Waals surface area contributed by atoms with Gasteiger partial charge in [-0.1, -0.05) is 18.2 Å². The Morgan fingerprint density at radius 3 is 2.48 bits per heavy atom. The van der Waals surface area contributed by atoms with Crippen molar-refractivity contribution >= 4 is 6.09 Å². The number of halogens is 2. The zero-order chi connectivity index (χ0) is 21.0. The number of nitrogens with zero attached hydrogens (tertiary/aromatic N) is 1. The van der Waals surface area contributed by atoms with Crippen LogP contribution in [0.3, 0.4) is 0 Å². The molecule has 6 heteroatoms. The third-order valence-corrected chi connectivity index (χ3v) is 4.99. The summed E-state index contributed by atoms with van der Waals surface area (Å²) in [7, 11) is 0. The van der Waals surface area contributed by atoms with Crippen molar-refractivity contribution in [3.05, 3.63) is 70.8 Å². The topological polar surface area (TPSA) is 41.6 Å². The predicted molar refractivity (Wildman–Crippen MR) is 109 cm³/mol. The summed E-state index contributed by atoms with van der Waals surface area (Å²) in [5, 5.41) is 2.77. The number of nitrogens with one attached hydrogen (secondary N) is 1. The van der Waals surface area contributed by atoms with Gasteiger partial charge in [-0.05, 0) is 74.6 Å². The molecule has 1 aliphatic rings. The molecule has 0 radical (unpaired) electrons. The Balaban J connectivity index is 1.68. The largest absolute Gasteiger partial charge is 0.448 e. The summed E-state index contributed by atoms with van der Waals surface area (Å²) in [6, 6.07) is 11.6. The van der Waals surface area contributed by atoms with E-state index in [0.29, 0.717) is 13.1 Å². The van der Waals surface area contributed by atoms with Crippen LogP contribution in [-0.2, 0) is 24.1 Å². The minimum atomic E-state index is -0.448. The molecule has 0 aliphatic carbocycles. The molecule has 29 heavy (non-hydrogen) atoms. The van der Waals surface area contributed by atoms with Crippen LogP contribution in [0.15, 0.2) is 42.5 Å². The van der Waals surface area contributed by atoms with Gasteiger partial charge in [0.25, 0.3) is 0 Å². The number of hydrogen-bond donors (Lipinski definition) is 1. The quantitative estimate of drug-likeness (QED) is 0.803. The van der Waals surface area contributed by atoms with E-state index in [1.807, 2.05) is 26.8 Å². The van der Waals surface area contributed by atoms with E-state index in [4.69, 9.17) is 4.74 Å². The Hall–Kier alpha value is -2.47. The van der Waals surface area contributed by atoms with E-state index in [0.717, 1.165) is 29.5 Å². The molecule has 0 aromatic heterocycles. The fourth-order valence-electron chi connectivity index (χ4n) is 3.62. The van der Waals surface area contributed by atoms with Gasteiger partial charge in [-0.15, -0.1) is 0 Å². The van der Waals surface area contributed by atoms with Crippen molar-refractivity contribution in [1.82, 2.24) is 10.2 Å². The number of ether oxygens (including phenoxy) is 1. The molecule has 1 heterocycles. The summed E-state index contributed by atoms with van der Waals surface area (Å²) in [5.41, 5.74) is 2.77. The summed E-state index contributed by atoms with van der Waals surface area (Å²) in [5.74, 6) is -0.505. The van der Waals surface area contributed by atoms with Gasteiger partial charge in [0.15, 0.2) is 0 Å².